The number of hydrogen-bond donors (Lipinski definition) is 1. The second-order valence-corrected chi connectivity index (χ2v) is 6.71. The summed E-state index contributed by atoms with van der Waals surface area (Å²) in [6, 6.07) is 9.85. The summed E-state index contributed by atoms with van der Waals surface area (Å²) < 4.78 is 15.3. The van der Waals surface area contributed by atoms with E-state index in [1.165, 1.54) is 14.0 Å². The maximum atomic E-state index is 12.4. The minimum Gasteiger partial charge on any atom is -0.466 e. The minimum atomic E-state index is -1.22. The summed E-state index contributed by atoms with van der Waals surface area (Å²) in [7, 11) is 1.20. The highest BCUT2D eigenvalue weighted by Crippen LogP contribution is 2.30. The van der Waals surface area contributed by atoms with Crippen LogP contribution in [-0.2, 0) is 36.8 Å². The summed E-state index contributed by atoms with van der Waals surface area (Å²) in [6.45, 7) is 2.96. The molecule has 0 aromatic heterocycles. The Morgan fingerprint density at radius 1 is 1.17 bits per heavy atom. The molecule has 1 unspecified atom stereocenters. The Morgan fingerprint density at radius 2 is 1.83 bits per heavy atom. The van der Waals surface area contributed by atoms with E-state index in [0.717, 1.165) is 0 Å². The minimum absolute atomic E-state index is 0.0251. The van der Waals surface area contributed by atoms with Gasteiger partial charge in [0.15, 0.2) is 0 Å². The molecule has 7 nitrogen and oxygen atoms in total. The second-order valence-electron chi connectivity index (χ2n) is 6.30. The topological polar surface area (TPSA) is 105 Å². The highest BCUT2D eigenvalue weighted by atomic mass is 35.5. The van der Waals surface area contributed by atoms with E-state index in [4.69, 9.17) is 31.5 Å². The average molecular weight is 420 g/mol. The van der Waals surface area contributed by atoms with Crippen LogP contribution in [0.4, 0.5) is 5.69 Å². The smallest absolute Gasteiger partial charge is 0.347 e. The normalized spacial score (nSPS) is 11.4. The summed E-state index contributed by atoms with van der Waals surface area (Å²) in [5.41, 5.74) is 8.38. The fourth-order valence-electron chi connectivity index (χ4n) is 2.73. The zero-order valence-electron chi connectivity index (χ0n) is 16.4. The van der Waals surface area contributed by atoms with Gasteiger partial charge in [0, 0.05) is 13.3 Å². The Kier molecular flexibility index (Phi) is 7.61. The number of anilines is 1. The van der Waals surface area contributed by atoms with Gasteiger partial charge in [0.05, 0.1) is 23.4 Å². The molecule has 0 bridgehead atoms. The maximum Gasteiger partial charge on any atom is 0.347 e. The van der Waals surface area contributed by atoms with Gasteiger partial charge < -0.3 is 19.9 Å². The number of hydrogen-bond acceptors (Lipinski definition) is 7. The van der Waals surface area contributed by atoms with Gasteiger partial charge in [-0.25, -0.2) is 9.59 Å². The van der Waals surface area contributed by atoms with E-state index in [9.17, 15) is 14.4 Å². The van der Waals surface area contributed by atoms with E-state index in [2.05, 4.69) is 0 Å². The molecule has 29 heavy (non-hydrogen) atoms. The van der Waals surface area contributed by atoms with Gasteiger partial charge in [-0.2, -0.15) is 0 Å². The van der Waals surface area contributed by atoms with Crippen molar-refractivity contribution < 1.29 is 28.6 Å². The van der Waals surface area contributed by atoms with Crippen molar-refractivity contribution in [3.05, 3.63) is 63.7 Å². The Hall–Kier alpha value is -3.06. The van der Waals surface area contributed by atoms with Crippen molar-refractivity contribution in [3.8, 4) is 0 Å². The zero-order valence-corrected chi connectivity index (χ0v) is 17.1. The van der Waals surface area contributed by atoms with Crippen LogP contribution in [0.25, 0.3) is 0 Å². The number of methoxy groups -OCH3 is 1. The van der Waals surface area contributed by atoms with E-state index in [1.807, 2.05) is 0 Å². The lowest BCUT2D eigenvalue weighted by molar-refractivity contribution is -0.151. The standard InChI is InChI=1S/C21H22ClNO6/c1-12-16(11-28-13(2)24)15(9-17(22)19(12)23)10-18(21(26)27-3)29-20(25)14-7-5-4-6-8-14/h4-9,18H,10-11,23H2,1-3H3. The SMILES string of the molecule is COC(=O)C(Cc1cc(Cl)c(N)c(C)c1COC(C)=O)OC(=O)c1ccccc1. The van der Waals surface area contributed by atoms with Crippen LogP contribution in [0.1, 0.15) is 34.0 Å². The monoisotopic (exact) mass is 419 g/mol. The second kappa shape index (κ2) is 9.93. The molecule has 1 atom stereocenters. The lowest BCUT2D eigenvalue weighted by atomic mass is 9.96. The van der Waals surface area contributed by atoms with Crippen molar-refractivity contribution in [2.45, 2.75) is 33.0 Å². The summed E-state index contributed by atoms with van der Waals surface area (Å²) in [5, 5.41) is 0.280. The zero-order chi connectivity index (χ0) is 21.6. The molecule has 0 aliphatic rings. The first-order valence-electron chi connectivity index (χ1n) is 8.78. The molecule has 0 aliphatic carbocycles. The molecule has 2 aromatic rings. The summed E-state index contributed by atoms with van der Waals surface area (Å²) in [5.74, 6) is -1.86. The van der Waals surface area contributed by atoms with Gasteiger partial charge in [0.1, 0.15) is 6.61 Å². The molecule has 2 N–H and O–H groups in total. The van der Waals surface area contributed by atoms with E-state index in [1.54, 1.807) is 43.3 Å². The fourth-order valence-corrected chi connectivity index (χ4v) is 3.01. The third-order valence-corrected chi connectivity index (χ3v) is 4.66. The largest absolute Gasteiger partial charge is 0.466 e. The third kappa shape index (κ3) is 5.71. The van der Waals surface area contributed by atoms with E-state index in [0.29, 0.717) is 27.9 Å². The lowest BCUT2D eigenvalue weighted by Crippen LogP contribution is -2.31. The van der Waals surface area contributed by atoms with Crippen molar-refractivity contribution in [2.24, 2.45) is 0 Å². The van der Waals surface area contributed by atoms with E-state index in [-0.39, 0.29) is 18.1 Å². The van der Waals surface area contributed by atoms with Gasteiger partial charge in [0.25, 0.3) is 0 Å². The fraction of sp³-hybridized carbons (Fsp3) is 0.286. The maximum absolute atomic E-state index is 12.4. The molecule has 0 fully saturated rings. The predicted molar refractivity (Wildman–Crippen MR) is 107 cm³/mol. The number of nitrogen functional groups attached to an aromatic ring is 1. The number of carbonyl (C=O) groups excluding carboxylic acids is 3. The Bertz CT molecular complexity index is 913. The van der Waals surface area contributed by atoms with Gasteiger partial charge in [-0.1, -0.05) is 29.8 Å². The molecular formula is C21H22ClNO6. The van der Waals surface area contributed by atoms with Crippen molar-refractivity contribution >= 4 is 35.2 Å². The molecule has 0 spiro atoms. The van der Waals surface area contributed by atoms with Crippen molar-refractivity contribution in [1.82, 2.24) is 0 Å². The highest BCUT2D eigenvalue weighted by molar-refractivity contribution is 6.33. The summed E-state index contributed by atoms with van der Waals surface area (Å²) >= 11 is 6.20. The van der Waals surface area contributed by atoms with Crippen LogP contribution in [0.2, 0.25) is 5.02 Å². The number of benzene rings is 2. The van der Waals surface area contributed by atoms with Crippen LogP contribution in [0.3, 0.4) is 0 Å². The number of esters is 3. The molecule has 0 amide bonds. The quantitative estimate of drug-likeness (QED) is 0.417. The van der Waals surface area contributed by atoms with Crippen LogP contribution in [0.5, 0.6) is 0 Å². The number of nitrogens with two attached hydrogens (primary N) is 1. The van der Waals surface area contributed by atoms with Crippen molar-refractivity contribution in [3.63, 3.8) is 0 Å². The molecule has 154 valence electrons. The van der Waals surface area contributed by atoms with E-state index < -0.39 is 24.0 Å². The molecule has 0 aliphatic heterocycles. The number of carbonyl (C=O) groups is 3. The molecule has 0 heterocycles. The van der Waals surface area contributed by atoms with Crippen LogP contribution in [0.15, 0.2) is 36.4 Å². The highest BCUT2D eigenvalue weighted by Gasteiger charge is 2.27. The number of ether oxygens (including phenoxy) is 3. The van der Waals surface area contributed by atoms with Gasteiger partial charge >= 0.3 is 17.9 Å². The van der Waals surface area contributed by atoms with Crippen LogP contribution < -0.4 is 5.73 Å². The van der Waals surface area contributed by atoms with Crippen LogP contribution in [-0.4, -0.2) is 31.1 Å². The first-order chi connectivity index (χ1) is 13.7. The first-order valence-corrected chi connectivity index (χ1v) is 9.16. The summed E-state index contributed by atoms with van der Waals surface area (Å²) in [6.07, 6.45) is -1.24. The predicted octanol–water partition coefficient (Wildman–Crippen LogP) is 3.23. The van der Waals surface area contributed by atoms with Gasteiger partial charge in [-0.3, -0.25) is 4.79 Å². The van der Waals surface area contributed by atoms with Crippen molar-refractivity contribution in [2.75, 3.05) is 12.8 Å². The van der Waals surface area contributed by atoms with Gasteiger partial charge in [0.2, 0.25) is 6.10 Å². The lowest BCUT2D eigenvalue weighted by Gasteiger charge is -2.20. The molecule has 2 aromatic carbocycles. The Balaban J connectivity index is 2.36. The van der Waals surface area contributed by atoms with Crippen LogP contribution >= 0.6 is 11.6 Å². The van der Waals surface area contributed by atoms with Gasteiger partial charge in [-0.15, -0.1) is 0 Å². The van der Waals surface area contributed by atoms with E-state index >= 15 is 0 Å². The first kappa shape index (κ1) is 22.2. The van der Waals surface area contributed by atoms with Crippen molar-refractivity contribution in [1.29, 1.82) is 0 Å². The molecule has 0 saturated heterocycles. The number of rotatable bonds is 7. The molecule has 8 heteroatoms. The summed E-state index contributed by atoms with van der Waals surface area (Å²) in [4.78, 5) is 35.9. The van der Waals surface area contributed by atoms with Crippen LogP contribution in [0, 0.1) is 6.92 Å². The molecule has 2 rings (SSSR count). The van der Waals surface area contributed by atoms with Gasteiger partial charge in [-0.05, 0) is 41.8 Å². The Labute approximate surface area is 173 Å². The Morgan fingerprint density at radius 3 is 2.41 bits per heavy atom. The molecule has 0 saturated carbocycles. The average Bonchev–Trinajstić information content (AvgIpc) is 2.71. The molecular weight excluding hydrogens is 398 g/mol. The molecule has 0 radical (unpaired) electrons. The number of halogens is 1. The third-order valence-electron chi connectivity index (χ3n) is 4.35.